The molecule has 0 N–H and O–H groups in total. The summed E-state index contributed by atoms with van der Waals surface area (Å²) in [6.07, 6.45) is 0. The molecular weight excluding hydrogens is 819 g/mol. The first-order valence-electron chi connectivity index (χ1n) is 22.6. The third-order valence-electron chi connectivity index (χ3n) is 13.2. The molecule has 14 rings (SSSR count). The van der Waals surface area contributed by atoms with Crippen LogP contribution in [0.2, 0.25) is 0 Å². The van der Waals surface area contributed by atoms with Crippen LogP contribution in [0.3, 0.4) is 0 Å². The third kappa shape index (κ3) is 5.78. The second kappa shape index (κ2) is 14.7. The maximum atomic E-state index is 5.23. The number of hydrogen-bond donors (Lipinski definition) is 0. The van der Waals surface area contributed by atoms with E-state index in [2.05, 4.69) is 177 Å². The van der Waals surface area contributed by atoms with Crippen molar-refractivity contribution in [3.05, 3.63) is 224 Å². The highest BCUT2D eigenvalue weighted by molar-refractivity contribution is 6.24. The van der Waals surface area contributed by atoms with Crippen molar-refractivity contribution in [3.63, 3.8) is 0 Å². The van der Waals surface area contributed by atoms with Gasteiger partial charge in [0.15, 0.2) is 17.5 Å². The van der Waals surface area contributed by atoms with Gasteiger partial charge in [-0.1, -0.05) is 158 Å². The zero-order valence-corrected chi connectivity index (χ0v) is 36.0. The number of imidazole rings is 1. The summed E-state index contributed by atoms with van der Waals surface area (Å²) in [4.78, 5) is 20.3. The predicted octanol–water partition coefficient (Wildman–Crippen LogP) is 14.7. The lowest BCUT2D eigenvalue weighted by molar-refractivity contribution is 1.07. The number of hydrogen-bond acceptors (Lipinski definition) is 4. The Morgan fingerprint density at radius 3 is 1.49 bits per heavy atom. The van der Waals surface area contributed by atoms with Crippen molar-refractivity contribution in [2.45, 2.75) is 0 Å². The van der Waals surface area contributed by atoms with Crippen molar-refractivity contribution >= 4 is 71.2 Å². The molecule has 7 heteroatoms. The molecule has 0 saturated heterocycles. The van der Waals surface area contributed by atoms with Gasteiger partial charge in [-0.15, -0.1) is 0 Å². The van der Waals surface area contributed by atoms with E-state index >= 15 is 0 Å². The zero-order valence-electron chi connectivity index (χ0n) is 36.0. The van der Waals surface area contributed by atoms with Crippen molar-refractivity contribution in [3.8, 4) is 56.7 Å². The van der Waals surface area contributed by atoms with Crippen LogP contribution in [0.1, 0.15) is 0 Å². The molecule has 312 valence electrons. The molecule has 0 amide bonds. The summed E-state index contributed by atoms with van der Waals surface area (Å²) in [7, 11) is 0. The minimum Gasteiger partial charge on any atom is -0.309 e. The van der Waals surface area contributed by atoms with Gasteiger partial charge in [0, 0.05) is 55.0 Å². The van der Waals surface area contributed by atoms with E-state index in [0.717, 1.165) is 83.5 Å². The molecule has 0 fully saturated rings. The lowest BCUT2D eigenvalue weighted by Crippen LogP contribution is -2.01. The van der Waals surface area contributed by atoms with Crippen LogP contribution in [0.25, 0.3) is 128 Å². The summed E-state index contributed by atoms with van der Waals surface area (Å²) in [6, 6.07) is 79.2. The Morgan fingerprint density at radius 1 is 0.284 bits per heavy atom. The maximum Gasteiger partial charge on any atom is 0.164 e. The summed E-state index contributed by atoms with van der Waals surface area (Å²) in [6.45, 7) is 0. The van der Waals surface area contributed by atoms with Crippen LogP contribution in [-0.4, -0.2) is 33.5 Å². The van der Waals surface area contributed by atoms with E-state index in [1.807, 2.05) is 60.7 Å². The first-order chi connectivity index (χ1) is 33.2. The molecule has 5 aromatic heterocycles. The van der Waals surface area contributed by atoms with Gasteiger partial charge in [-0.05, 0) is 83.2 Å². The number of aromatic nitrogens is 7. The van der Waals surface area contributed by atoms with Gasteiger partial charge in [-0.3, -0.25) is 8.97 Å². The molecule has 0 aliphatic heterocycles. The van der Waals surface area contributed by atoms with Gasteiger partial charge >= 0.3 is 0 Å². The van der Waals surface area contributed by atoms with Crippen LogP contribution in [0.5, 0.6) is 0 Å². The minimum absolute atomic E-state index is 0.622. The van der Waals surface area contributed by atoms with E-state index in [9.17, 15) is 0 Å². The Hall–Kier alpha value is -9.20. The summed E-state index contributed by atoms with van der Waals surface area (Å²) in [5, 5.41) is 7.07. The monoisotopic (exact) mass is 855 g/mol. The van der Waals surface area contributed by atoms with Gasteiger partial charge < -0.3 is 4.57 Å². The molecule has 0 bridgehead atoms. The molecule has 0 aliphatic rings. The normalized spacial score (nSPS) is 11.9. The molecule has 0 spiro atoms. The van der Waals surface area contributed by atoms with Crippen molar-refractivity contribution in [1.29, 1.82) is 0 Å². The summed E-state index contributed by atoms with van der Waals surface area (Å²) in [5.41, 5.74) is 14.7. The summed E-state index contributed by atoms with van der Waals surface area (Å²) >= 11 is 0. The first-order valence-corrected chi connectivity index (χ1v) is 22.6. The number of fused-ring (bicyclic) bond motifs is 13. The Labute approximate surface area is 384 Å². The Kier molecular flexibility index (Phi) is 8.15. The number of para-hydroxylation sites is 4. The Bertz CT molecular complexity index is 4200. The number of nitrogens with zero attached hydrogens (tertiary/aromatic N) is 7. The van der Waals surface area contributed by atoms with E-state index in [-0.39, 0.29) is 0 Å². The fourth-order valence-corrected chi connectivity index (χ4v) is 10.2. The summed E-state index contributed by atoms with van der Waals surface area (Å²) < 4.78 is 7.13. The second-order valence-corrected chi connectivity index (χ2v) is 17.1. The first kappa shape index (κ1) is 37.2. The molecule has 0 radical (unpaired) electrons. The van der Waals surface area contributed by atoms with Crippen LogP contribution < -0.4 is 0 Å². The van der Waals surface area contributed by atoms with Crippen LogP contribution in [0.4, 0.5) is 0 Å². The lowest BCUT2D eigenvalue weighted by atomic mass is 9.99. The topological polar surface area (TPSA) is 65.8 Å². The smallest absolute Gasteiger partial charge is 0.164 e. The fourth-order valence-electron chi connectivity index (χ4n) is 10.2. The molecule has 0 unspecified atom stereocenters. The molecule has 0 saturated carbocycles. The highest BCUT2D eigenvalue weighted by Gasteiger charge is 2.23. The number of pyridine rings is 1. The van der Waals surface area contributed by atoms with Gasteiger partial charge in [-0.25, -0.2) is 19.9 Å². The van der Waals surface area contributed by atoms with E-state index in [1.54, 1.807) is 0 Å². The van der Waals surface area contributed by atoms with Gasteiger partial charge in [0.25, 0.3) is 0 Å². The fraction of sp³-hybridized carbons (Fsp3) is 0. The highest BCUT2D eigenvalue weighted by atomic mass is 15.1. The van der Waals surface area contributed by atoms with E-state index in [4.69, 9.17) is 19.9 Å². The van der Waals surface area contributed by atoms with Gasteiger partial charge in [0.05, 0.1) is 27.6 Å². The Morgan fingerprint density at radius 2 is 0.791 bits per heavy atom. The standard InChI is InChI=1S/C60H37N7/c1-4-17-38(18-5-1)56-62-57(39-19-6-2-7-20-39)64-58(63-56)42-21-16-24-44(35-42)65-51-29-14-12-25-45(51)48-36-40(31-33-52(48)65)41-32-34-53-49(37-41)55-46-26-10-11-27-47(46)59-61-50-28-13-15-30-54(50)67(59)60(55)66(53)43-22-8-3-9-23-43/h1-37H. The van der Waals surface area contributed by atoms with Crippen molar-refractivity contribution in [2.24, 2.45) is 0 Å². The number of rotatable bonds is 6. The van der Waals surface area contributed by atoms with E-state index in [1.165, 1.54) is 26.9 Å². The van der Waals surface area contributed by atoms with Crippen molar-refractivity contribution in [1.82, 2.24) is 33.5 Å². The van der Waals surface area contributed by atoms with Crippen LogP contribution in [-0.2, 0) is 0 Å². The van der Waals surface area contributed by atoms with Crippen LogP contribution in [0.15, 0.2) is 224 Å². The third-order valence-corrected chi connectivity index (χ3v) is 13.2. The van der Waals surface area contributed by atoms with Crippen LogP contribution in [0, 0.1) is 0 Å². The van der Waals surface area contributed by atoms with Crippen molar-refractivity contribution in [2.75, 3.05) is 0 Å². The Balaban J connectivity index is 0.956. The second-order valence-electron chi connectivity index (χ2n) is 17.1. The average Bonchev–Trinajstić information content (AvgIpc) is 4.07. The SMILES string of the molecule is c1ccc(-c2nc(-c3ccccc3)nc(-c3cccc(-n4c5ccccc5c5cc(-c6ccc7c(c6)c6c8ccccc8c8nc9ccccc9n8c6n7-c6ccccc6)ccc54)c3)n2)cc1. The van der Waals surface area contributed by atoms with Gasteiger partial charge in [0.2, 0.25) is 0 Å². The van der Waals surface area contributed by atoms with Gasteiger partial charge in [-0.2, -0.15) is 0 Å². The molecule has 7 nitrogen and oxygen atoms in total. The van der Waals surface area contributed by atoms with Gasteiger partial charge in [0.1, 0.15) is 11.3 Å². The molecule has 0 atom stereocenters. The lowest BCUT2D eigenvalue weighted by Gasteiger charge is -2.12. The number of benzene rings is 9. The minimum atomic E-state index is 0.622. The van der Waals surface area contributed by atoms with Crippen LogP contribution >= 0.6 is 0 Å². The molecule has 67 heavy (non-hydrogen) atoms. The maximum absolute atomic E-state index is 5.23. The molecular formula is C60H37N7. The van der Waals surface area contributed by atoms with E-state index < -0.39 is 0 Å². The summed E-state index contributed by atoms with van der Waals surface area (Å²) in [5.74, 6) is 1.90. The molecule has 5 heterocycles. The average molecular weight is 856 g/mol. The predicted molar refractivity (Wildman–Crippen MR) is 274 cm³/mol. The largest absolute Gasteiger partial charge is 0.309 e. The highest BCUT2D eigenvalue weighted by Crippen LogP contribution is 2.42. The molecule has 0 aliphatic carbocycles. The quantitative estimate of drug-likeness (QED) is 0.167. The molecule has 9 aromatic carbocycles. The van der Waals surface area contributed by atoms with E-state index in [0.29, 0.717) is 17.5 Å². The molecule has 14 aromatic rings. The zero-order chi connectivity index (χ0) is 44.0. The van der Waals surface area contributed by atoms with Crippen molar-refractivity contribution < 1.29 is 0 Å².